The van der Waals surface area contributed by atoms with Gasteiger partial charge < -0.3 is 0 Å². The first kappa shape index (κ1) is 19.5. The monoisotopic (exact) mass is 339 g/mol. The van der Waals surface area contributed by atoms with E-state index in [9.17, 15) is 0 Å². The van der Waals surface area contributed by atoms with E-state index in [4.69, 9.17) is 0 Å². The summed E-state index contributed by atoms with van der Waals surface area (Å²) in [7, 11) is 0. The second-order valence-electron chi connectivity index (χ2n) is 7.09. The Hall–Kier alpha value is -1.83. The third kappa shape index (κ3) is 6.53. The molecule has 0 N–H and O–H groups in total. The van der Waals surface area contributed by atoms with Crippen LogP contribution in [0.25, 0.3) is 6.08 Å². The van der Waals surface area contributed by atoms with Crippen LogP contribution in [0.15, 0.2) is 43.2 Å². The SMILES string of the molecule is C=Cc1ccc(C[n+]2ccn(CCCCCCCCCC)c2C)cc1. The van der Waals surface area contributed by atoms with Crippen LogP contribution in [0.2, 0.25) is 0 Å². The average Bonchev–Trinajstić information content (AvgIpc) is 2.98. The van der Waals surface area contributed by atoms with Crippen molar-refractivity contribution in [2.24, 2.45) is 0 Å². The Morgan fingerprint density at radius 2 is 1.60 bits per heavy atom. The minimum atomic E-state index is 0.938. The van der Waals surface area contributed by atoms with Crippen molar-refractivity contribution in [3.05, 3.63) is 60.2 Å². The second kappa shape index (κ2) is 10.9. The van der Waals surface area contributed by atoms with Crippen LogP contribution < -0.4 is 4.57 Å². The van der Waals surface area contributed by atoms with Crippen LogP contribution >= 0.6 is 0 Å². The predicted molar refractivity (Wildman–Crippen MR) is 108 cm³/mol. The van der Waals surface area contributed by atoms with Crippen LogP contribution in [0.3, 0.4) is 0 Å². The molecule has 0 spiro atoms. The van der Waals surface area contributed by atoms with Gasteiger partial charge in [0.2, 0.25) is 0 Å². The first-order valence-electron chi connectivity index (χ1n) is 10.0. The number of aromatic nitrogens is 2. The molecule has 2 heteroatoms. The molecular weight excluding hydrogens is 304 g/mol. The van der Waals surface area contributed by atoms with Gasteiger partial charge in [-0.05, 0) is 24.0 Å². The molecule has 0 aliphatic carbocycles. The van der Waals surface area contributed by atoms with Gasteiger partial charge in [0.1, 0.15) is 18.9 Å². The van der Waals surface area contributed by atoms with Crippen LogP contribution in [-0.2, 0) is 13.1 Å². The fourth-order valence-corrected chi connectivity index (χ4v) is 3.32. The predicted octanol–water partition coefficient (Wildman–Crippen LogP) is 5.92. The molecule has 25 heavy (non-hydrogen) atoms. The van der Waals surface area contributed by atoms with E-state index in [1.165, 1.54) is 68.3 Å². The summed E-state index contributed by atoms with van der Waals surface area (Å²) in [5.41, 5.74) is 2.52. The first-order chi connectivity index (χ1) is 12.2. The summed E-state index contributed by atoms with van der Waals surface area (Å²) in [5.74, 6) is 1.34. The molecular formula is C23H35N2+. The number of unbranched alkanes of at least 4 members (excludes halogenated alkanes) is 7. The number of benzene rings is 1. The summed E-state index contributed by atoms with van der Waals surface area (Å²) in [6.07, 6.45) is 17.3. The summed E-state index contributed by atoms with van der Waals surface area (Å²) >= 11 is 0. The van der Waals surface area contributed by atoms with Gasteiger partial charge in [-0.15, -0.1) is 0 Å². The zero-order chi connectivity index (χ0) is 17.9. The molecule has 2 aromatic rings. The van der Waals surface area contributed by atoms with E-state index < -0.39 is 0 Å². The minimum Gasteiger partial charge on any atom is -0.234 e. The van der Waals surface area contributed by atoms with E-state index in [-0.39, 0.29) is 0 Å². The molecule has 0 amide bonds. The molecule has 0 saturated carbocycles. The molecule has 2 rings (SSSR count). The molecule has 0 atom stereocenters. The van der Waals surface area contributed by atoms with Gasteiger partial charge in [0.05, 0.1) is 6.54 Å². The summed E-state index contributed by atoms with van der Waals surface area (Å²) in [6, 6.07) is 8.66. The molecule has 1 aromatic carbocycles. The van der Waals surface area contributed by atoms with Crippen molar-refractivity contribution in [3.8, 4) is 0 Å². The molecule has 0 aliphatic rings. The van der Waals surface area contributed by atoms with Gasteiger partial charge in [0.15, 0.2) is 0 Å². The normalized spacial score (nSPS) is 11.0. The Labute approximate surface area is 154 Å². The van der Waals surface area contributed by atoms with Crippen LogP contribution in [-0.4, -0.2) is 4.57 Å². The third-order valence-electron chi connectivity index (χ3n) is 5.08. The fourth-order valence-electron chi connectivity index (χ4n) is 3.32. The average molecular weight is 340 g/mol. The van der Waals surface area contributed by atoms with Crippen molar-refractivity contribution >= 4 is 6.08 Å². The minimum absolute atomic E-state index is 0.938. The summed E-state index contributed by atoms with van der Waals surface area (Å²) in [5, 5.41) is 0. The molecule has 136 valence electrons. The summed E-state index contributed by atoms with van der Waals surface area (Å²) < 4.78 is 4.74. The number of imidazole rings is 1. The lowest BCUT2D eigenvalue weighted by atomic mass is 10.1. The van der Waals surface area contributed by atoms with Gasteiger partial charge in [0, 0.05) is 6.92 Å². The van der Waals surface area contributed by atoms with E-state index in [1.807, 2.05) is 6.08 Å². The fraction of sp³-hybridized carbons (Fsp3) is 0.522. The molecule has 0 bridgehead atoms. The van der Waals surface area contributed by atoms with Gasteiger partial charge in [-0.3, -0.25) is 0 Å². The van der Waals surface area contributed by atoms with E-state index >= 15 is 0 Å². The summed E-state index contributed by atoms with van der Waals surface area (Å²) in [4.78, 5) is 0. The molecule has 0 radical (unpaired) electrons. The number of aryl methyl sites for hydroxylation is 1. The van der Waals surface area contributed by atoms with Crippen molar-refractivity contribution in [3.63, 3.8) is 0 Å². The number of hydrogen-bond donors (Lipinski definition) is 0. The van der Waals surface area contributed by atoms with Gasteiger partial charge in [-0.2, -0.15) is 0 Å². The topological polar surface area (TPSA) is 8.81 Å². The van der Waals surface area contributed by atoms with Crippen LogP contribution in [0, 0.1) is 6.92 Å². The van der Waals surface area contributed by atoms with E-state index in [1.54, 1.807) is 0 Å². The number of hydrogen-bond acceptors (Lipinski definition) is 0. The van der Waals surface area contributed by atoms with E-state index in [2.05, 4.69) is 66.2 Å². The lowest BCUT2D eigenvalue weighted by Crippen LogP contribution is -2.36. The highest BCUT2D eigenvalue weighted by molar-refractivity contribution is 5.47. The van der Waals surface area contributed by atoms with Crippen molar-refractivity contribution in [1.82, 2.24) is 4.57 Å². The summed E-state index contributed by atoms with van der Waals surface area (Å²) in [6.45, 7) is 10.4. The zero-order valence-corrected chi connectivity index (χ0v) is 16.2. The van der Waals surface area contributed by atoms with Crippen LogP contribution in [0.5, 0.6) is 0 Å². The van der Waals surface area contributed by atoms with Crippen molar-refractivity contribution in [1.29, 1.82) is 0 Å². The quantitative estimate of drug-likeness (QED) is 0.335. The maximum absolute atomic E-state index is 3.81. The Morgan fingerprint density at radius 3 is 2.24 bits per heavy atom. The lowest BCUT2D eigenvalue weighted by molar-refractivity contribution is -0.694. The van der Waals surface area contributed by atoms with Gasteiger partial charge in [0.25, 0.3) is 5.82 Å². The Balaban J connectivity index is 1.73. The highest BCUT2D eigenvalue weighted by Crippen LogP contribution is 2.10. The maximum atomic E-state index is 3.81. The Bertz CT molecular complexity index is 622. The lowest BCUT2D eigenvalue weighted by Gasteiger charge is -2.03. The second-order valence-corrected chi connectivity index (χ2v) is 7.09. The molecule has 2 nitrogen and oxygen atoms in total. The van der Waals surface area contributed by atoms with E-state index in [0.717, 1.165) is 13.1 Å². The molecule has 1 heterocycles. The maximum Gasteiger partial charge on any atom is 0.253 e. The highest BCUT2D eigenvalue weighted by atomic mass is 15.1. The standard InChI is InChI=1S/C23H35N2/c1-4-6-7-8-9-10-11-12-17-24-18-19-25(21(24)3)20-23-15-13-22(5-2)14-16-23/h5,13-16,18-19H,2,4,6-12,17,20H2,1,3H3/q+1. The largest absolute Gasteiger partial charge is 0.253 e. The van der Waals surface area contributed by atoms with Gasteiger partial charge >= 0.3 is 0 Å². The van der Waals surface area contributed by atoms with Crippen molar-refractivity contribution in [2.45, 2.75) is 78.3 Å². The molecule has 0 unspecified atom stereocenters. The van der Waals surface area contributed by atoms with Crippen LogP contribution in [0.4, 0.5) is 0 Å². The van der Waals surface area contributed by atoms with Gasteiger partial charge in [-0.25, -0.2) is 9.13 Å². The van der Waals surface area contributed by atoms with E-state index in [0.29, 0.717) is 0 Å². The molecule has 0 saturated heterocycles. The first-order valence-corrected chi connectivity index (χ1v) is 10.0. The molecule has 0 fully saturated rings. The Morgan fingerprint density at radius 1 is 0.960 bits per heavy atom. The number of rotatable bonds is 12. The van der Waals surface area contributed by atoms with Gasteiger partial charge in [-0.1, -0.05) is 82.4 Å². The Kier molecular flexibility index (Phi) is 8.51. The van der Waals surface area contributed by atoms with Crippen molar-refractivity contribution in [2.75, 3.05) is 0 Å². The zero-order valence-electron chi connectivity index (χ0n) is 16.2. The highest BCUT2D eigenvalue weighted by Gasteiger charge is 2.12. The smallest absolute Gasteiger partial charge is 0.234 e. The number of nitrogens with zero attached hydrogens (tertiary/aromatic N) is 2. The van der Waals surface area contributed by atoms with Crippen LogP contribution in [0.1, 0.15) is 75.2 Å². The molecule has 0 aliphatic heterocycles. The van der Waals surface area contributed by atoms with Crippen molar-refractivity contribution < 1.29 is 4.57 Å². The third-order valence-corrected chi connectivity index (χ3v) is 5.08. The molecule has 1 aromatic heterocycles.